The van der Waals surface area contributed by atoms with Crippen LogP contribution in [0.2, 0.25) is 0 Å². The maximum absolute atomic E-state index is 12.9. The topological polar surface area (TPSA) is 30.7 Å². The molecular formula is C11H11BrFN3S. The minimum atomic E-state index is -0.236. The fraction of sp³-hybridized carbons (Fsp3) is 0.273. The highest BCUT2D eigenvalue weighted by Crippen LogP contribution is 2.26. The monoisotopic (exact) mass is 315 g/mol. The largest absolute Gasteiger partial charge is 0.309 e. The smallest absolute Gasteiger partial charge is 0.191 e. The summed E-state index contributed by atoms with van der Waals surface area (Å²) < 4.78 is 15.6. The Bertz CT molecular complexity index is 542. The molecule has 2 aromatic rings. The van der Waals surface area contributed by atoms with Crippen molar-refractivity contribution < 1.29 is 4.39 Å². The molecule has 0 spiro atoms. The highest BCUT2D eigenvalue weighted by Gasteiger charge is 2.07. The van der Waals surface area contributed by atoms with Gasteiger partial charge in [-0.2, -0.15) is 0 Å². The second-order valence-corrected chi connectivity index (χ2v) is 5.41. The molecular weight excluding hydrogens is 305 g/mol. The number of thioether (sulfide) groups is 1. The van der Waals surface area contributed by atoms with Gasteiger partial charge in [0.15, 0.2) is 5.16 Å². The molecule has 1 aromatic carbocycles. The molecule has 0 saturated carbocycles. The Kier molecular flexibility index (Phi) is 3.83. The normalized spacial score (nSPS) is 10.8. The molecule has 0 aliphatic carbocycles. The molecule has 0 unspecified atom stereocenters. The molecule has 0 bridgehead atoms. The molecule has 0 N–H and O–H groups in total. The second kappa shape index (κ2) is 5.18. The minimum Gasteiger partial charge on any atom is -0.309 e. The predicted octanol–water partition coefficient (Wildman–Crippen LogP) is 3.32. The number of aryl methyl sites for hydroxylation is 1. The van der Waals surface area contributed by atoms with E-state index >= 15 is 0 Å². The van der Waals surface area contributed by atoms with Crippen LogP contribution in [0.5, 0.6) is 0 Å². The first-order valence-corrected chi connectivity index (χ1v) is 6.78. The van der Waals surface area contributed by atoms with Crippen LogP contribution in [-0.4, -0.2) is 14.8 Å². The number of nitrogens with zero attached hydrogens (tertiary/aromatic N) is 3. The molecule has 0 aliphatic heterocycles. The third-order valence-electron chi connectivity index (χ3n) is 2.42. The van der Waals surface area contributed by atoms with Crippen molar-refractivity contribution in [2.24, 2.45) is 7.05 Å². The van der Waals surface area contributed by atoms with Crippen LogP contribution in [0.25, 0.3) is 0 Å². The molecule has 2 rings (SSSR count). The minimum absolute atomic E-state index is 0.236. The van der Waals surface area contributed by atoms with Crippen molar-refractivity contribution in [3.63, 3.8) is 0 Å². The van der Waals surface area contributed by atoms with Crippen LogP contribution in [0.3, 0.4) is 0 Å². The van der Waals surface area contributed by atoms with Crippen molar-refractivity contribution in [2.75, 3.05) is 0 Å². The van der Waals surface area contributed by atoms with Gasteiger partial charge < -0.3 is 4.57 Å². The van der Waals surface area contributed by atoms with E-state index < -0.39 is 0 Å². The van der Waals surface area contributed by atoms with E-state index in [0.29, 0.717) is 0 Å². The van der Waals surface area contributed by atoms with Gasteiger partial charge >= 0.3 is 0 Å². The van der Waals surface area contributed by atoms with Crippen molar-refractivity contribution in [3.05, 3.63) is 39.9 Å². The fourth-order valence-corrected chi connectivity index (χ4v) is 2.93. The predicted molar refractivity (Wildman–Crippen MR) is 69.4 cm³/mol. The molecule has 6 heteroatoms. The van der Waals surface area contributed by atoms with E-state index in [2.05, 4.69) is 26.1 Å². The summed E-state index contributed by atoms with van der Waals surface area (Å²) in [5.41, 5.74) is 1.04. The van der Waals surface area contributed by atoms with Crippen LogP contribution >= 0.6 is 27.7 Å². The maximum Gasteiger partial charge on any atom is 0.191 e. The van der Waals surface area contributed by atoms with E-state index in [9.17, 15) is 4.39 Å². The lowest BCUT2D eigenvalue weighted by molar-refractivity contribution is 0.626. The second-order valence-electron chi connectivity index (χ2n) is 3.61. The Balaban J connectivity index is 2.10. The Morgan fingerprint density at radius 2 is 2.18 bits per heavy atom. The zero-order valence-corrected chi connectivity index (χ0v) is 11.8. The molecule has 1 aromatic heterocycles. The summed E-state index contributed by atoms with van der Waals surface area (Å²) in [5, 5.41) is 8.91. The van der Waals surface area contributed by atoms with E-state index in [4.69, 9.17) is 0 Å². The van der Waals surface area contributed by atoms with E-state index in [1.807, 2.05) is 18.5 Å². The zero-order chi connectivity index (χ0) is 12.4. The summed E-state index contributed by atoms with van der Waals surface area (Å²) in [6, 6.07) is 4.70. The van der Waals surface area contributed by atoms with E-state index in [-0.39, 0.29) is 5.82 Å². The Labute approximate surface area is 112 Å². The lowest BCUT2D eigenvalue weighted by Crippen LogP contribution is -1.94. The van der Waals surface area contributed by atoms with Crippen molar-refractivity contribution in [1.82, 2.24) is 14.8 Å². The van der Waals surface area contributed by atoms with Crippen molar-refractivity contribution in [3.8, 4) is 0 Å². The van der Waals surface area contributed by atoms with Crippen LogP contribution in [0.4, 0.5) is 4.39 Å². The van der Waals surface area contributed by atoms with Crippen molar-refractivity contribution in [1.29, 1.82) is 0 Å². The first kappa shape index (κ1) is 12.6. The molecule has 3 nitrogen and oxygen atoms in total. The molecule has 1 heterocycles. The SMILES string of the molecule is Cc1nnc(SCc2ccc(F)cc2Br)n1C. The van der Waals surface area contributed by atoms with Gasteiger partial charge in [0.05, 0.1) is 0 Å². The summed E-state index contributed by atoms with van der Waals surface area (Å²) in [4.78, 5) is 0. The van der Waals surface area contributed by atoms with Gasteiger partial charge in [-0.3, -0.25) is 0 Å². The summed E-state index contributed by atoms with van der Waals surface area (Å²) in [6.07, 6.45) is 0. The molecule has 0 atom stereocenters. The van der Waals surface area contributed by atoms with Crippen LogP contribution < -0.4 is 0 Å². The average molecular weight is 316 g/mol. The van der Waals surface area contributed by atoms with Crippen LogP contribution in [0, 0.1) is 12.7 Å². The third kappa shape index (κ3) is 2.87. The van der Waals surface area contributed by atoms with E-state index in [1.54, 1.807) is 17.8 Å². The number of aromatic nitrogens is 3. The van der Waals surface area contributed by atoms with Gasteiger partial charge in [-0.25, -0.2) is 4.39 Å². The number of halogens is 2. The van der Waals surface area contributed by atoms with Gasteiger partial charge in [-0.1, -0.05) is 33.8 Å². The number of rotatable bonds is 3. The first-order chi connectivity index (χ1) is 8.08. The van der Waals surface area contributed by atoms with E-state index in [1.165, 1.54) is 12.1 Å². The van der Waals surface area contributed by atoms with Crippen LogP contribution in [0.1, 0.15) is 11.4 Å². The Hall–Kier alpha value is -0.880. The number of hydrogen-bond acceptors (Lipinski definition) is 3. The van der Waals surface area contributed by atoms with Gasteiger partial charge in [0.25, 0.3) is 0 Å². The summed E-state index contributed by atoms with van der Waals surface area (Å²) in [7, 11) is 1.93. The highest BCUT2D eigenvalue weighted by atomic mass is 79.9. The molecule has 17 heavy (non-hydrogen) atoms. The molecule has 0 amide bonds. The Morgan fingerprint density at radius 3 is 2.76 bits per heavy atom. The quantitative estimate of drug-likeness (QED) is 0.814. The lowest BCUT2D eigenvalue weighted by Gasteiger charge is -2.04. The van der Waals surface area contributed by atoms with Crippen molar-refractivity contribution in [2.45, 2.75) is 17.8 Å². The molecule has 0 fully saturated rings. The van der Waals surface area contributed by atoms with Crippen LogP contribution in [-0.2, 0) is 12.8 Å². The number of hydrogen-bond donors (Lipinski definition) is 0. The molecule has 90 valence electrons. The fourth-order valence-electron chi connectivity index (χ4n) is 1.29. The van der Waals surface area contributed by atoms with Crippen LogP contribution in [0.15, 0.2) is 27.8 Å². The highest BCUT2D eigenvalue weighted by molar-refractivity contribution is 9.10. The third-order valence-corrected chi connectivity index (χ3v) is 4.23. The van der Waals surface area contributed by atoms with Gasteiger partial charge in [0, 0.05) is 17.3 Å². The molecule has 0 radical (unpaired) electrons. The Morgan fingerprint density at radius 1 is 1.41 bits per heavy atom. The molecule has 0 aliphatic rings. The summed E-state index contributed by atoms with van der Waals surface area (Å²) >= 11 is 4.93. The van der Waals surface area contributed by atoms with E-state index in [0.717, 1.165) is 26.8 Å². The van der Waals surface area contributed by atoms with Crippen molar-refractivity contribution >= 4 is 27.7 Å². The maximum atomic E-state index is 12.9. The molecule has 0 saturated heterocycles. The standard InChI is InChI=1S/C11H11BrFN3S/c1-7-14-15-11(16(7)2)17-6-8-3-4-9(13)5-10(8)12/h3-5H,6H2,1-2H3. The van der Waals surface area contributed by atoms with Gasteiger partial charge in [0.1, 0.15) is 11.6 Å². The lowest BCUT2D eigenvalue weighted by atomic mass is 10.2. The first-order valence-electron chi connectivity index (χ1n) is 5.00. The van der Waals surface area contributed by atoms with Gasteiger partial charge in [-0.05, 0) is 24.6 Å². The van der Waals surface area contributed by atoms with Gasteiger partial charge in [-0.15, -0.1) is 10.2 Å². The van der Waals surface area contributed by atoms with Gasteiger partial charge in [0.2, 0.25) is 0 Å². The summed E-state index contributed by atoms with van der Waals surface area (Å²) in [6.45, 7) is 1.91. The average Bonchev–Trinajstić information content (AvgIpc) is 2.59. The number of benzene rings is 1. The summed E-state index contributed by atoms with van der Waals surface area (Å²) in [5.74, 6) is 1.37. The zero-order valence-electron chi connectivity index (χ0n) is 9.44.